The number of nitrogens with zero attached hydrogens (tertiary/aromatic N) is 2. The van der Waals surface area contributed by atoms with E-state index in [1.807, 2.05) is 35.5 Å². The molecule has 0 aliphatic carbocycles. The Balaban J connectivity index is 1.58. The molecule has 0 spiro atoms. The van der Waals surface area contributed by atoms with Crippen LogP contribution in [0.2, 0.25) is 0 Å². The Morgan fingerprint density at radius 3 is 2.75 bits per heavy atom. The summed E-state index contributed by atoms with van der Waals surface area (Å²) in [6.45, 7) is 0.774. The fraction of sp³-hybridized carbons (Fsp3) is 0.200. The van der Waals surface area contributed by atoms with Crippen molar-refractivity contribution in [2.75, 3.05) is 26.0 Å². The quantitative estimate of drug-likeness (QED) is 0.547. The van der Waals surface area contributed by atoms with Gasteiger partial charge >= 0.3 is 0 Å². The van der Waals surface area contributed by atoms with Gasteiger partial charge in [-0.3, -0.25) is 9.69 Å². The third kappa shape index (κ3) is 5.37. The number of thiazole rings is 1. The maximum absolute atomic E-state index is 13.0. The van der Waals surface area contributed by atoms with Crippen molar-refractivity contribution in [3.05, 3.63) is 63.7 Å². The first-order chi connectivity index (χ1) is 13.4. The van der Waals surface area contributed by atoms with E-state index >= 15 is 0 Å². The Morgan fingerprint density at radius 2 is 2.04 bits per heavy atom. The topological polar surface area (TPSA) is 54.5 Å². The van der Waals surface area contributed by atoms with Gasteiger partial charge in [-0.2, -0.15) is 0 Å². The van der Waals surface area contributed by atoms with Gasteiger partial charge in [-0.05, 0) is 49.5 Å². The van der Waals surface area contributed by atoms with Crippen molar-refractivity contribution >= 4 is 38.3 Å². The summed E-state index contributed by atoms with van der Waals surface area (Å²) in [7, 11) is 3.49. The Kier molecular flexibility index (Phi) is 6.77. The van der Waals surface area contributed by atoms with Gasteiger partial charge in [0.05, 0.1) is 19.3 Å². The van der Waals surface area contributed by atoms with Crippen LogP contribution in [0.4, 0.5) is 9.52 Å². The second kappa shape index (κ2) is 9.27. The molecule has 1 amide bonds. The van der Waals surface area contributed by atoms with Crippen molar-refractivity contribution in [1.82, 2.24) is 9.88 Å². The van der Waals surface area contributed by atoms with Gasteiger partial charge in [0.25, 0.3) is 0 Å². The van der Waals surface area contributed by atoms with Crippen molar-refractivity contribution in [2.24, 2.45) is 0 Å². The standard InChI is InChI=1S/C20H19BrFN3O2S/c1-25(10-14-9-15(21)5-8-18(14)27-2)11-19(26)24-20-23-17(12-28-20)13-3-6-16(22)7-4-13/h3-9,12H,10-11H2,1-2H3,(H,23,24,26). The summed E-state index contributed by atoms with van der Waals surface area (Å²) >= 11 is 4.79. The summed E-state index contributed by atoms with van der Waals surface area (Å²) < 4.78 is 19.4. The van der Waals surface area contributed by atoms with Crippen LogP contribution in [0.1, 0.15) is 5.56 Å². The van der Waals surface area contributed by atoms with Crippen molar-refractivity contribution < 1.29 is 13.9 Å². The van der Waals surface area contributed by atoms with Crippen LogP contribution in [0.5, 0.6) is 5.75 Å². The second-order valence-corrected chi connectivity index (χ2v) is 8.00. The Labute approximate surface area is 175 Å². The highest BCUT2D eigenvalue weighted by Gasteiger charge is 2.13. The molecule has 3 aromatic rings. The zero-order valence-corrected chi connectivity index (χ0v) is 17.8. The van der Waals surface area contributed by atoms with E-state index in [4.69, 9.17) is 4.74 Å². The third-order valence-electron chi connectivity index (χ3n) is 3.99. The van der Waals surface area contributed by atoms with Gasteiger partial charge in [-0.25, -0.2) is 9.37 Å². The highest BCUT2D eigenvalue weighted by atomic mass is 79.9. The average molecular weight is 464 g/mol. The number of hydrogen-bond acceptors (Lipinski definition) is 5. The zero-order valence-electron chi connectivity index (χ0n) is 15.4. The largest absolute Gasteiger partial charge is 0.496 e. The number of hydrogen-bond donors (Lipinski definition) is 1. The Bertz CT molecular complexity index is 962. The first kappa shape index (κ1) is 20.4. The molecule has 0 aliphatic rings. The molecule has 28 heavy (non-hydrogen) atoms. The molecule has 3 rings (SSSR count). The van der Waals surface area contributed by atoms with E-state index in [1.165, 1.54) is 23.5 Å². The minimum atomic E-state index is -0.294. The lowest BCUT2D eigenvalue weighted by atomic mass is 10.2. The van der Waals surface area contributed by atoms with E-state index in [9.17, 15) is 9.18 Å². The molecular weight excluding hydrogens is 445 g/mol. The van der Waals surface area contributed by atoms with Crippen molar-refractivity contribution in [2.45, 2.75) is 6.54 Å². The Morgan fingerprint density at radius 1 is 1.29 bits per heavy atom. The number of ether oxygens (including phenoxy) is 1. The van der Waals surface area contributed by atoms with Gasteiger partial charge < -0.3 is 10.1 Å². The minimum absolute atomic E-state index is 0.156. The molecule has 1 heterocycles. The number of benzene rings is 2. The van der Waals surface area contributed by atoms with Crippen molar-refractivity contribution in [3.63, 3.8) is 0 Å². The second-order valence-electron chi connectivity index (χ2n) is 6.22. The lowest BCUT2D eigenvalue weighted by Crippen LogP contribution is -2.29. The Hall–Kier alpha value is -2.29. The minimum Gasteiger partial charge on any atom is -0.496 e. The number of carbonyl (C=O) groups is 1. The van der Waals surface area contributed by atoms with Gasteiger partial charge in [0.1, 0.15) is 11.6 Å². The fourth-order valence-electron chi connectivity index (χ4n) is 2.71. The first-order valence-electron chi connectivity index (χ1n) is 8.47. The smallest absolute Gasteiger partial charge is 0.240 e. The van der Waals surface area contributed by atoms with E-state index in [2.05, 4.69) is 26.2 Å². The molecule has 0 fully saturated rings. The molecule has 1 aromatic heterocycles. The third-order valence-corrected chi connectivity index (χ3v) is 5.24. The van der Waals surface area contributed by atoms with E-state index in [-0.39, 0.29) is 18.3 Å². The molecule has 1 N–H and O–H groups in total. The maximum atomic E-state index is 13.0. The number of amides is 1. The molecule has 0 saturated heterocycles. The lowest BCUT2D eigenvalue weighted by molar-refractivity contribution is -0.117. The van der Waals surface area contributed by atoms with Gasteiger partial charge in [0.15, 0.2) is 5.13 Å². The van der Waals surface area contributed by atoms with E-state index in [1.54, 1.807) is 19.2 Å². The van der Waals surface area contributed by atoms with Crippen LogP contribution in [0.25, 0.3) is 11.3 Å². The SMILES string of the molecule is COc1ccc(Br)cc1CN(C)CC(=O)Nc1nc(-c2ccc(F)cc2)cs1. The van der Waals surface area contributed by atoms with Crippen LogP contribution in [-0.4, -0.2) is 36.5 Å². The van der Waals surface area contributed by atoms with Gasteiger partial charge in [-0.1, -0.05) is 15.9 Å². The first-order valence-corrected chi connectivity index (χ1v) is 10.1. The monoisotopic (exact) mass is 463 g/mol. The molecule has 0 bridgehead atoms. The summed E-state index contributed by atoms with van der Waals surface area (Å²) in [6.07, 6.45) is 0. The lowest BCUT2D eigenvalue weighted by Gasteiger charge is -2.18. The van der Waals surface area contributed by atoms with Crippen LogP contribution in [-0.2, 0) is 11.3 Å². The number of anilines is 1. The average Bonchev–Trinajstić information content (AvgIpc) is 3.10. The number of rotatable bonds is 7. The van der Waals surface area contributed by atoms with Crippen LogP contribution in [0, 0.1) is 5.82 Å². The van der Waals surface area contributed by atoms with E-state index in [0.29, 0.717) is 17.4 Å². The predicted molar refractivity (Wildman–Crippen MR) is 113 cm³/mol. The highest BCUT2D eigenvalue weighted by molar-refractivity contribution is 9.10. The molecule has 0 unspecified atom stereocenters. The zero-order chi connectivity index (χ0) is 20.1. The normalized spacial score (nSPS) is 10.9. The number of carbonyl (C=O) groups excluding carboxylic acids is 1. The highest BCUT2D eigenvalue weighted by Crippen LogP contribution is 2.26. The molecular formula is C20H19BrFN3O2S. The molecule has 146 valence electrons. The predicted octanol–water partition coefficient (Wildman–Crippen LogP) is 4.79. The molecule has 8 heteroatoms. The molecule has 0 atom stereocenters. The number of likely N-dealkylation sites (N-methyl/N-ethyl adjacent to an activating group) is 1. The summed E-state index contributed by atoms with van der Waals surface area (Å²) in [5.74, 6) is 0.327. The van der Waals surface area contributed by atoms with Crippen LogP contribution < -0.4 is 10.1 Å². The summed E-state index contributed by atoms with van der Waals surface area (Å²) in [6, 6.07) is 11.9. The number of aromatic nitrogens is 1. The summed E-state index contributed by atoms with van der Waals surface area (Å²) in [4.78, 5) is 18.6. The fourth-order valence-corrected chi connectivity index (χ4v) is 3.85. The summed E-state index contributed by atoms with van der Waals surface area (Å²) in [5.41, 5.74) is 2.49. The van der Waals surface area contributed by atoms with Gasteiger partial charge in [0.2, 0.25) is 5.91 Å². The molecule has 0 saturated carbocycles. The van der Waals surface area contributed by atoms with Crippen LogP contribution in [0.15, 0.2) is 52.3 Å². The van der Waals surface area contributed by atoms with Gasteiger partial charge in [0, 0.05) is 27.5 Å². The van der Waals surface area contributed by atoms with Crippen molar-refractivity contribution in [3.8, 4) is 17.0 Å². The van der Waals surface area contributed by atoms with E-state index < -0.39 is 0 Å². The number of methoxy groups -OCH3 is 1. The molecule has 0 aliphatic heterocycles. The number of halogens is 2. The molecule has 5 nitrogen and oxygen atoms in total. The van der Waals surface area contributed by atoms with Crippen LogP contribution >= 0.6 is 27.3 Å². The number of nitrogens with one attached hydrogen (secondary N) is 1. The van der Waals surface area contributed by atoms with Crippen molar-refractivity contribution in [1.29, 1.82) is 0 Å². The van der Waals surface area contributed by atoms with Crippen LogP contribution in [0.3, 0.4) is 0 Å². The van der Waals surface area contributed by atoms with E-state index in [0.717, 1.165) is 21.3 Å². The van der Waals surface area contributed by atoms with Gasteiger partial charge in [-0.15, -0.1) is 11.3 Å². The molecule has 2 aromatic carbocycles. The summed E-state index contributed by atoms with van der Waals surface area (Å²) in [5, 5.41) is 5.16. The maximum Gasteiger partial charge on any atom is 0.240 e. The molecule has 0 radical (unpaired) electrons.